The van der Waals surface area contributed by atoms with Crippen LogP contribution in [-0.4, -0.2) is 5.78 Å². The molecule has 0 aliphatic carbocycles. The predicted molar refractivity (Wildman–Crippen MR) is 92.4 cm³/mol. The van der Waals surface area contributed by atoms with Crippen LogP contribution in [-0.2, 0) is 0 Å². The average Bonchev–Trinajstić information content (AvgIpc) is 2.45. The van der Waals surface area contributed by atoms with Crippen molar-refractivity contribution < 1.29 is 4.79 Å². The van der Waals surface area contributed by atoms with Crippen molar-refractivity contribution in [1.29, 1.82) is 0 Å². The molecule has 0 saturated heterocycles. The van der Waals surface area contributed by atoms with Crippen LogP contribution < -0.4 is 0 Å². The first kappa shape index (κ1) is 16.0. The summed E-state index contributed by atoms with van der Waals surface area (Å²) in [4.78, 5) is 13.1. The lowest BCUT2D eigenvalue weighted by Gasteiger charge is -2.18. The highest BCUT2D eigenvalue weighted by molar-refractivity contribution is 9.10. The number of hydrogen-bond acceptors (Lipinski definition) is 1. The molecule has 0 amide bonds. The van der Waals surface area contributed by atoms with Crippen LogP contribution in [0.3, 0.4) is 0 Å². The molecular weight excluding hydrogens is 324 g/mol. The molecule has 2 aromatic carbocycles. The summed E-state index contributed by atoms with van der Waals surface area (Å²) < 4.78 is 0.937. The van der Waals surface area contributed by atoms with Crippen molar-refractivity contribution in [1.82, 2.24) is 0 Å². The summed E-state index contributed by atoms with van der Waals surface area (Å²) >= 11 is 3.46. The van der Waals surface area contributed by atoms with Gasteiger partial charge in [0, 0.05) is 15.6 Å². The highest BCUT2D eigenvalue weighted by Gasteiger charge is 2.20. The van der Waals surface area contributed by atoms with Crippen LogP contribution >= 0.6 is 15.9 Å². The molecule has 2 rings (SSSR count). The Kier molecular flexibility index (Phi) is 4.38. The molecule has 0 saturated carbocycles. The van der Waals surface area contributed by atoms with E-state index in [1.54, 1.807) is 0 Å². The molecule has 0 unspecified atom stereocenters. The fraction of sp³-hybridized carbons (Fsp3) is 0.316. The van der Waals surface area contributed by atoms with Gasteiger partial charge in [0.25, 0.3) is 0 Å². The summed E-state index contributed by atoms with van der Waals surface area (Å²) in [6, 6.07) is 5.87. The largest absolute Gasteiger partial charge is 0.289 e. The van der Waals surface area contributed by atoms with Crippen LogP contribution in [0.5, 0.6) is 0 Å². The summed E-state index contributed by atoms with van der Waals surface area (Å²) in [6.07, 6.45) is 0. The standard InChI is InChI=1S/C19H21BrO/c1-10-7-8-16(20)9-17(10)19(21)18-14(5)12(3)11(2)13(4)15(18)6/h7-9H,1-6H3. The van der Waals surface area contributed by atoms with Gasteiger partial charge in [0.1, 0.15) is 0 Å². The van der Waals surface area contributed by atoms with Gasteiger partial charge in [-0.15, -0.1) is 0 Å². The normalized spacial score (nSPS) is 10.8. The number of hydrogen-bond donors (Lipinski definition) is 0. The zero-order chi connectivity index (χ0) is 15.9. The third-order valence-electron chi connectivity index (χ3n) is 4.67. The molecule has 0 aliphatic rings. The molecule has 0 aliphatic heterocycles. The smallest absolute Gasteiger partial charge is 0.193 e. The molecule has 0 aromatic heterocycles. The van der Waals surface area contributed by atoms with E-state index in [0.717, 1.165) is 32.3 Å². The monoisotopic (exact) mass is 344 g/mol. The maximum Gasteiger partial charge on any atom is 0.193 e. The fourth-order valence-corrected chi connectivity index (χ4v) is 3.18. The quantitative estimate of drug-likeness (QED) is 0.654. The highest BCUT2D eigenvalue weighted by Crippen LogP contribution is 2.29. The van der Waals surface area contributed by atoms with Gasteiger partial charge in [0.05, 0.1) is 0 Å². The van der Waals surface area contributed by atoms with Gasteiger partial charge in [-0.25, -0.2) is 0 Å². The van der Waals surface area contributed by atoms with Crippen LogP contribution in [0.4, 0.5) is 0 Å². The molecule has 110 valence electrons. The van der Waals surface area contributed by atoms with E-state index in [2.05, 4.69) is 50.5 Å². The fourth-order valence-electron chi connectivity index (χ4n) is 2.81. The van der Waals surface area contributed by atoms with E-state index in [1.165, 1.54) is 16.7 Å². The Balaban J connectivity index is 2.73. The van der Waals surface area contributed by atoms with Crippen molar-refractivity contribution in [3.8, 4) is 0 Å². The maximum atomic E-state index is 13.1. The van der Waals surface area contributed by atoms with Crippen LogP contribution in [0, 0.1) is 41.5 Å². The second kappa shape index (κ2) is 5.76. The van der Waals surface area contributed by atoms with Crippen molar-refractivity contribution in [2.24, 2.45) is 0 Å². The van der Waals surface area contributed by atoms with Crippen molar-refractivity contribution in [2.75, 3.05) is 0 Å². The summed E-state index contributed by atoms with van der Waals surface area (Å²) in [5.41, 5.74) is 8.56. The van der Waals surface area contributed by atoms with Crippen LogP contribution in [0.25, 0.3) is 0 Å². The van der Waals surface area contributed by atoms with Crippen molar-refractivity contribution in [2.45, 2.75) is 41.5 Å². The molecule has 0 radical (unpaired) electrons. The Bertz CT molecular complexity index is 713. The van der Waals surface area contributed by atoms with Gasteiger partial charge in [0.15, 0.2) is 5.78 Å². The lowest BCUT2D eigenvalue weighted by Crippen LogP contribution is -2.11. The number of ketones is 1. The van der Waals surface area contributed by atoms with Crippen LogP contribution in [0.15, 0.2) is 22.7 Å². The minimum atomic E-state index is 0.120. The second-order valence-electron chi connectivity index (χ2n) is 5.79. The molecule has 0 N–H and O–H groups in total. The lowest BCUT2D eigenvalue weighted by molar-refractivity contribution is 0.103. The van der Waals surface area contributed by atoms with E-state index in [9.17, 15) is 4.79 Å². The zero-order valence-electron chi connectivity index (χ0n) is 13.5. The van der Waals surface area contributed by atoms with E-state index in [1.807, 2.05) is 25.1 Å². The zero-order valence-corrected chi connectivity index (χ0v) is 15.1. The Labute approximate surface area is 135 Å². The first-order valence-corrected chi connectivity index (χ1v) is 7.92. The number of carbonyl (C=O) groups excluding carboxylic acids is 1. The van der Waals surface area contributed by atoms with Crippen molar-refractivity contribution >= 4 is 21.7 Å². The molecule has 0 spiro atoms. The van der Waals surface area contributed by atoms with Crippen molar-refractivity contribution in [3.63, 3.8) is 0 Å². The van der Waals surface area contributed by atoms with E-state index in [4.69, 9.17) is 0 Å². The first-order valence-electron chi connectivity index (χ1n) is 7.13. The summed E-state index contributed by atoms with van der Waals surface area (Å²) in [5.74, 6) is 0.120. The Morgan fingerprint density at radius 2 is 1.29 bits per heavy atom. The van der Waals surface area contributed by atoms with Crippen LogP contribution in [0.1, 0.15) is 49.3 Å². The predicted octanol–water partition coefficient (Wildman–Crippen LogP) is 5.53. The first-order chi connectivity index (χ1) is 9.75. The van der Waals surface area contributed by atoms with Crippen molar-refractivity contribution in [3.05, 3.63) is 67.2 Å². The van der Waals surface area contributed by atoms with Gasteiger partial charge in [-0.3, -0.25) is 4.79 Å². The molecule has 2 heteroatoms. The summed E-state index contributed by atoms with van der Waals surface area (Å²) in [5, 5.41) is 0. The minimum absolute atomic E-state index is 0.120. The molecule has 0 heterocycles. The summed E-state index contributed by atoms with van der Waals surface area (Å²) in [7, 11) is 0. The molecule has 2 aromatic rings. The molecule has 0 fully saturated rings. The van der Waals surface area contributed by atoms with Crippen LogP contribution in [0.2, 0.25) is 0 Å². The lowest BCUT2D eigenvalue weighted by atomic mass is 9.85. The Morgan fingerprint density at radius 1 is 0.810 bits per heavy atom. The molecule has 1 nitrogen and oxygen atoms in total. The summed E-state index contributed by atoms with van der Waals surface area (Å²) in [6.45, 7) is 12.4. The number of rotatable bonds is 2. The van der Waals surface area contributed by atoms with Gasteiger partial charge in [-0.1, -0.05) is 22.0 Å². The number of benzene rings is 2. The van der Waals surface area contributed by atoms with E-state index >= 15 is 0 Å². The Hall–Kier alpha value is -1.41. The molecule has 0 bridgehead atoms. The SMILES string of the molecule is Cc1ccc(Br)cc1C(=O)c1c(C)c(C)c(C)c(C)c1C. The molecule has 0 atom stereocenters. The van der Waals surface area contributed by atoms with E-state index in [0.29, 0.717) is 0 Å². The second-order valence-corrected chi connectivity index (χ2v) is 6.70. The Morgan fingerprint density at radius 3 is 1.81 bits per heavy atom. The van der Waals surface area contributed by atoms with Gasteiger partial charge in [-0.2, -0.15) is 0 Å². The van der Waals surface area contributed by atoms with Gasteiger partial charge >= 0.3 is 0 Å². The number of carbonyl (C=O) groups is 1. The van der Waals surface area contributed by atoms with E-state index in [-0.39, 0.29) is 5.78 Å². The molecule has 21 heavy (non-hydrogen) atoms. The van der Waals surface area contributed by atoms with Gasteiger partial charge in [-0.05, 0) is 87.1 Å². The number of aryl methyl sites for hydroxylation is 1. The minimum Gasteiger partial charge on any atom is -0.289 e. The third-order valence-corrected chi connectivity index (χ3v) is 5.16. The molecular formula is C19H21BrO. The highest BCUT2D eigenvalue weighted by atomic mass is 79.9. The van der Waals surface area contributed by atoms with E-state index < -0.39 is 0 Å². The van der Waals surface area contributed by atoms with Gasteiger partial charge in [0.2, 0.25) is 0 Å². The number of halogens is 1. The average molecular weight is 345 g/mol. The third kappa shape index (κ3) is 2.69. The maximum absolute atomic E-state index is 13.1. The topological polar surface area (TPSA) is 17.1 Å². The van der Waals surface area contributed by atoms with Gasteiger partial charge < -0.3 is 0 Å².